The van der Waals surface area contributed by atoms with Gasteiger partial charge in [0.25, 0.3) is 0 Å². The van der Waals surface area contributed by atoms with Gasteiger partial charge in [-0.1, -0.05) is 159 Å². The van der Waals surface area contributed by atoms with Crippen LogP contribution in [0.15, 0.2) is 152 Å². The summed E-state index contributed by atoms with van der Waals surface area (Å²) in [6, 6.07) is 49.2. The maximum Gasteiger partial charge on any atom is 0.311 e. The van der Waals surface area contributed by atoms with Gasteiger partial charge in [0.05, 0.1) is 57.1 Å². The number of esters is 2. The van der Waals surface area contributed by atoms with Gasteiger partial charge in [-0.15, -0.1) is 11.8 Å². The highest BCUT2D eigenvalue weighted by Gasteiger charge is 2.54. The van der Waals surface area contributed by atoms with E-state index in [1.165, 1.54) is 11.8 Å². The van der Waals surface area contributed by atoms with Gasteiger partial charge in [-0.05, 0) is 75.1 Å². The molecule has 0 radical (unpaired) electrons. The van der Waals surface area contributed by atoms with Crippen molar-refractivity contribution in [2.24, 2.45) is 10.8 Å². The molecule has 0 spiro atoms. The second-order valence-corrected chi connectivity index (χ2v) is 21.5. The molecule has 0 aliphatic carbocycles. The lowest BCUT2D eigenvalue weighted by Gasteiger charge is -2.48. The van der Waals surface area contributed by atoms with E-state index in [0.29, 0.717) is 12.4 Å². The van der Waals surface area contributed by atoms with Crippen molar-refractivity contribution in [3.8, 4) is 0 Å². The number of carbonyl (C=O) groups is 2. The van der Waals surface area contributed by atoms with Gasteiger partial charge in [-0.2, -0.15) is 0 Å². The number of carbonyl (C=O) groups excluding carboxylic acids is 2. The lowest BCUT2D eigenvalue weighted by atomic mass is 9.95. The Morgan fingerprint density at radius 1 is 0.431 bits per heavy atom. The number of hydrogen-bond donors (Lipinski definition) is 0. The van der Waals surface area contributed by atoms with E-state index in [4.69, 9.17) is 47.4 Å². The molecule has 2 fully saturated rings. The average molecular weight is 1010 g/mol. The number of ether oxygens (including phenoxy) is 10. The zero-order chi connectivity index (χ0) is 50.9. The highest BCUT2D eigenvalue weighted by Crippen LogP contribution is 2.38. The third-order valence-corrected chi connectivity index (χ3v) is 13.2. The van der Waals surface area contributed by atoms with Gasteiger partial charge in [-0.25, -0.2) is 0 Å². The summed E-state index contributed by atoms with van der Waals surface area (Å²) in [6.07, 6.45) is -8.14. The number of thioether (sulfide) groups is 1. The Kier molecular flexibility index (Phi) is 20.5. The van der Waals surface area contributed by atoms with E-state index in [0.717, 1.165) is 27.8 Å². The summed E-state index contributed by atoms with van der Waals surface area (Å²) in [6.45, 7) is 14.0. The van der Waals surface area contributed by atoms with Crippen LogP contribution in [0, 0.1) is 10.8 Å². The number of rotatable bonds is 23. The third-order valence-electron chi connectivity index (χ3n) is 12.2. The van der Waals surface area contributed by atoms with Crippen LogP contribution in [-0.2, 0) is 90.0 Å². The van der Waals surface area contributed by atoms with Gasteiger partial charge in [0.1, 0.15) is 42.1 Å². The average Bonchev–Trinajstić information content (AvgIpc) is 3.38. The van der Waals surface area contributed by atoms with Crippen LogP contribution in [0.3, 0.4) is 0 Å². The molecule has 10 atom stereocenters. The molecule has 72 heavy (non-hydrogen) atoms. The molecule has 0 saturated carbocycles. The summed E-state index contributed by atoms with van der Waals surface area (Å²) in [5, 5.41) is 0. The van der Waals surface area contributed by atoms with Crippen LogP contribution in [0.1, 0.15) is 76.3 Å². The standard InChI is InChI=1S/C59H72O12S/c1-8-72-55-53(71-57(61)59(5,6)7)51(66-38-45-32-22-13-23-33-45)49(64-36-43-28-18-11-19-29-43)47(69-55)40-67-54-52(70-56(60)58(2,3)4)50(65-37-44-30-20-12-21-31-44)48(63-35-42-26-16-10-17-27-42)46(68-54)39-62-34-41-24-14-9-15-25-41/h9-33,46-55H,8,34-40H2,1-7H3/t46-,47-,48-,49-,50+,51+,52-,53+,54-,55+/m1/s1. The molecule has 0 bridgehead atoms. The van der Waals surface area contributed by atoms with Crippen molar-refractivity contribution in [2.45, 2.75) is 142 Å². The zero-order valence-electron chi connectivity index (χ0n) is 42.7. The second kappa shape index (κ2) is 26.9. The Bertz CT molecular complexity index is 2350. The van der Waals surface area contributed by atoms with E-state index in [1.54, 1.807) is 20.8 Å². The van der Waals surface area contributed by atoms with Crippen LogP contribution in [0.5, 0.6) is 0 Å². The Hall–Kier alpha value is -4.93. The van der Waals surface area contributed by atoms with E-state index in [1.807, 2.05) is 179 Å². The maximum absolute atomic E-state index is 14.2. The van der Waals surface area contributed by atoms with Gasteiger partial charge in [0.2, 0.25) is 0 Å². The first-order valence-electron chi connectivity index (χ1n) is 25.0. The smallest absolute Gasteiger partial charge is 0.311 e. The fraction of sp³-hybridized carbons (Fsp3) is 0.458. The van der Waals surface area contributed by atoms with Gasteiger partial charge in [0, 0.05) is 0 Å². The number of hydrogen-bond acceptors (Lipinski definition) is 13. The van der Waals surface area contributed by atoms with Crippen LogP contribution < -0.4 is 0 Å². The molecule has 386 valence electrons. The summed E-state index contributed by atoms with van der Waals surface area (Å²) in [4.78, 5) is 28.0. The van der Waals surface area contributed by atoms with Crippen LogP contribution >= 0.6 is 11.8 Å². The first-order chi connectivity index (χ1) is 34.8. The Morgan fingerprint density at radius 3 is 1.17 bits per heavy atom. The van der Waals surface area contributed by atoms with Crippen molar-refractivity contribution >= 4 is 23.7 Å². The number of benzene rings is 5. The topological polar surface area (TPSA) is 126 Å². The van der Waals surface area contributed by atoms with E-state index >= 15 is 0 Å². The first kappa shape index (κ1) is 54.8. The fourth-order valence-corrected chi connectivity index (χ4v) is 9.16. The predicted molar refractivity (Wildman–Crippen MR) is 276 cm³/mol. The van der Waals surface area contributed by atoms with E-state index < -0.39 is 83.3 Å². The molecule has 12 nitrogen and oxygen atoms in total. The molecule has 2 aliphatic heterocycles. The van der Waals surface area contributed by atoms with Crippen molar-refractivity contribution in [3.63, 3.8) is 0 Å². The van der Waals surface area contributed by atoms with Crippen molar-refractivity contribution in [1.29, 1.82) is 0 Å². The normalized spacial score (nSPS) is 24.6. The quantitative estimate of drug-likeness (QED) is 0.0577. The minimum Gasteiger partial charge on any atom is -0.455 e. The lowest BCUT2D eigenvalue weighted by molar-refractivity contribution is -0.331. The molecule has 2 heterocycles. The van der Waals surface area contributed by atoms with E-state index in [2.05, 4.69) is 0 Å². The van der Waals surface area contributed by atoms with Crippen LogP contribution in [0.2, 0.25) is 0 Å². The van der Waals surface area contributed by atoms with Crippen LogP contribution in [-0.4, -0.2) is 91.5 Å². The molecule has 2 saturated heterocycles. The molecular formula is C59H72O12S. The molecule has 0 N–H and O–H groups in total. The summed E-state index contributed by atoms with van der Waals surface area (Å²) >= 11 is 1.50. The minimum absolute atomic E-state index is 0.0908. The van der Waals surface area contributed by atoms with E-state index in [-0.39, 0.29) is 39.6 Å². The van der Waals surface area contributed by atoms with Crippen molar-refractivity contribution in [2.75, 3.05) is 19.0 Å². The highest BCUT2D eigenvalue weighted by molar-refractivity contribution is 7.99. The Morgan fingerprint density at radius 2 is 0.778 bits per heavy atom. The molecule has 0 unspecified atom stereocenters. The molecule has 2 aliphatic rings. The minimum atomic E-state index is -1.21. The summed E-state index contributed by atoms with van der Waals surface area (Å²) in [7, 11) is 0. The fourth-order valence-electron chi connectivity index (χ4n) is 8.22. The van der Waals surface area contributed by atoms with Crippen LogP contribution in [0.4, 0.5) is 0 Å². The SMILES string of the molecule is CCS[C@@H]1O[C@H](CO[C@@H]2O[C@H](COCc3ccccc3)[C@@H](OCc3ccccc3)[C@H](OCc3ccccc3)[C@H]2OC(=O)C(C)(C)C)[C@@H](OCc2ccccc2)[C@H](OCc2ccccc2)[C@@H]1OC(=O)C(C)(C)C. The van der Waals surface area contributed by atoms with Crippen molar-refractivity contribution < 1.29 is 57.0 Å². The Balaban J connectivity index is 1.26. The molecule has 5 aromatic rings. The van der Waals surface area contributed by atoms with E-state index in [9.17, 15) is 9.59 Å². The molecule has 13 heteroatoms. The molecular weight excluding hydrogens is 933 g/mol. The third kappa shape index (κ3) is 16.0. The van der Waals surface area contributed by atoms with Gasteiger partial charge < -0.3 is 47.4 Å². The summed E-state index contributed by atoms with van der Waals surface area (Å²) < 4.78 is 67.7. The summed E-state index contributed by atoms with van der Waals surface area (Å²) in [5.41, 5.74) is 2.31. The van der Waals surface area contributed by atoms with Gasteiger partial charge in [0.15, 0.2) is 18.5 Å². The summed E-state index contributed by atoms with van der Waals surface area (Å²) in [5.74, 6) is -0.226. The Labute approximate surface area is 430 Å². The largest absolute Gasteiger partial charge is 0.455 e. The lowest BCUT2D eigenvalue weighted by Crippen LogP contribution is -2.64. The van der Waals surface area contributed by atoms with Crippen molar-refractivity contribution in [1.82, 2.24) is 0 Å². The second-order valence-electron chi connectivity index (χ2n) is 20.2. The maximum atomic E-state index is 14.2. The molecule has 0 aromatic heterocycles. The highest BCUT2D eigenvalue weighted by atomic mass is 32.2. The first-order valence-corrected chi connectivity index (χ1v) is 26.0. The van der Waals surface area contributed by atoms with Crippen molar-refractivity contribution in [3.05, 3.63) is 179 Å². The van der Waals surface area contributed by atoms with Gasteiger partial charge in [-0.3, -0.25) is 9.59 Å². The monoisotopic (exact) mass is 1000 g/mol. The van der Waals surface area contributed by atoms with Gasteiger partial charge >= 0.3 is 11.9 Å². The molecule has 7 rings (SSSR count). The molecule has 5 aromatic carbocycles. The van der Waals surface area contributed by atoms with Crippen LogP contribution in [0.25, 0.3) is 0 Å². The predicted octanol–water partition coefficient (Wildman–Crippen LogP) is 10.7. The zero-order valence-corrected chi connectivity index (χ0v) is 43.5. The molecule has 0 amide bonds.